The van der Waals surface area contributed by atoms with Crippen molar-refractivity contribution in [3.63, 3.8) is 0 Å². The van der Waals surface area contributed by atoms with E-state index < -0.39 is 0 Å². The summed E-state index contributed by atoms with van der Waals surface area (Å²) in [6, 6.07) is 9.50. The highest BCUT2D eigenvalue weighted by atomic mass is 15.2. The fourth-order valence-corrected chi connectivity index (χ4v) is 5.11. The molecule has 3 unspecified atom stereocenters. The number of aromatic nitrogens is 1. The van der Waals surface area contributed by atoms with Gasteiger partial charge in [0.05, 0.1) is 0 Å². The summed E-state index contributed by atoms with van der Waals surface area (Å²) in [5.74, 6) is 0.943. The van der Waals surface area contributed by atoms with Gasteiger partial charge >= 0.3 is 0 Å². The second-order valence-corrected chi connectivity index (χ2v) is 7.78. The molecule has 3 fully saturated rings. The number of aromatic amines is 1. The van der Waals surface area contributed by atoms with Crippen molar-refractivity contribution in [2.75, 3.05) is 13.1 Å². The molecule has 3 atom stereocenters. The molecule has 2 nitrogen and oxygen atoms in total. The lowest BCUT2D eigenvalue weighted by Crippen LogP contribution is -2.58. The van der Waals surface area contributed by atoms with E-state index in [9.17, 15) is 0 Å². The molecule has 1 aromatic carbocycles. The first-order valence-corrected chi connectivity index (χ1v) is 8.98. The molecule has 3 heterocycles. The van der Waals surface area contributed by atoms with Crippen LogP contribution in [-0.4, -0.2) is 29.0 Å². The minimum atomic E-state index is 0.557. The first-order chi connectivity index (χ1) is 10.7. The molecule has 0 radical (unpaired) electrons. The first kappa shape index (κ1) is 14.3. The Morgan fingerprint density at radius 1 is 1.27 bits per heavy atom. The fraction of sp³-hybridized carbons (Fsp3) is 0.600. The van der Waals surface area contributed by atoms with Crippen molar-refractivity contribution in [1.82, 2.24) is 9.88 Å². The fourth-order valence-electron chi connectivity index (χ4n) is 5.11. The molecule has 5 rings (SSSR count). The maximum atomic E-state index is 3.42. The third-order valence-corrected chi connectivity index (χ3v) is 6.49. The lowest BCUT2D eigenvalue weighted by molar-refractivity contribution is -0.0554. The van der Waals surface area contributed by atoms with Crippen LogP contribution in [0.5, 0.6) is 0 Å². The van der Waals surface area contributed by atoms with Gasteiger partial charge in [-0.3, -0.25) is 4.90 Å². The molecule has 3 aliphatic rings. The number of nitrogens with zero attached hydrogens (tertiary/aromatic N) is 1. The number of para-hydroxylation sites is 1. The van der Waals surface area contributed by atoms with Crippen LogP contribution in [0.2, 0.25) is 0 Å². The van der Waals surface area contributed by atoms with E-state index in [4.69, 9.17) is 0 Å². The van der Waals surface area contributed by atoms with Crippen molar-refractivity contribution in [1.29, 1.82) is 0 Å². The summed E-state index contributed by atoms with van der Waals surface area (Å²) >= 11 is 0. The molecule has 2 aromatic rings. The van der Waals surface area contributed by atoms with Crippen LogP contribution in [0.1, 0.15) is 45.1 Å². The Hall–Kier alpha value is -1.28. The van der Waals surface area contributed by atoms with E-state index in [1.165, 1.54) is 61.7 Å². The molecule has 0 amide bonds. The van der Waals surface area contributed by atoms with Gasteiger partial charge in [0.15, 0.2) is 0 Å². The van der Waals surface area contributed by atoms with Crippen molar-refractivity contribution in [2.24, 2.45) is 11.3 Å². The third kappa shape index (κ3) is 2.28. The second kappa shape index (κ2) is 5.42. The smallest absolute Gasteiger partial charge is 0.0456 e. The molecule has 2 heteroatoms. The highest BCUT2D eigenvalue weighted by molar-refractivity contribution is 5.83. The molecule has 118 valence electrons. The van der Waals surface area contributed by atoms with Crippen molar-refractivity contribution >= 4 is 10.9 Å². The number of nitrogens with one attached hydrogen (secondary N) is 1. The van der Waals surface area contributed by atoms with Gasteiger partial charge in [0, 0.05) is 36.2 Å². The minimum absolute atomic E-state index is 0.557. The lowest BCUT2D eigenvalue weighted by Gasteiger charge is -2.56. The second-order valence-electron chi connectivity index (χ2n) is 7.78. The highest BCUT2D eigenvalue weighted by Gasteiger charge is 2.46. The van der Waals surface area contributed by atoms with Crippen LogP contribution in [-0.2, 0) is 6.42 Å². The van der Waals surface area contributed by atoms with E-state index in [2.05, 4.69) is 54.2 Å². The minimum Gasteiger partial charge on any atom is -0.361 e. The summed E-state index contributed by atoms with van der Waals surface area (Å²) in [6.07, 6.45) is 9.06. The zero-order valence-corrected chi connectivity index (χ0v) is 13.9. The number of benzene rings is 1. The Morgan fingerprint density at radius 2 is 2.14 bits per heavy atom. The standard InChI is InChI=1S/C20H28N2/c1-3-20(2)12-15-8-9-19(20)22(14-15)11-10-16-13-21-18-7-5-4-6-17(16)18/h4-7,13,15,19,21H,3,8-12,14H2,1-2H3. The van der Waals surface area contributed by atoms with Crippen molar-refractivity contribution in [3.8, 4) is 0 Å². The molecule has 1 saturated carbocycles. The number of piperidine rings is 2. The average molecular weight is 296 g/mol. The Kier molecular flexibility index (Phi) is 3.53. The van der Waals surface area contributed by atoms with E-state index in [-0.39, 0.29) is 0 Å². The molecule has 2 saturated heterocycles. The maximum absolute atomic E-state index is 3.42. The SMILES string of the molecule is CCC1(C)CC2CCC1N(CCc1c[nH]c3ccccc13)C2. The van der Waals surface area contributed by atoms with Crippen LogP contribution in [0, 0.1) is 11.3 Å². The number of fused-ring (bicyclic) bond motifs is 4. The van der Waals surface area contributed by atoms with Gasteiger partial charge in [-0.1, -0.05) is 32.0 Å². The van der Waals surface area contributed by atoms with Gasteiger partial charge in [-0.25, -0.2) is 0 Å². The molecule has 1 N–H and O–H groups in total. The van der Waals surface area contributed by atoms with Gasteiger partial charge in [-0.2, -0.15) is 0 Å². The van der Waals surface area contributed by atoms with Crippen molar-refractivity contribution in [2.45, 2.75) is 52.0 Å². The van der Waals surface area contributed by atoms with Gasteiger partial charge in [0.1, 0.15) is 0 Å². The zero-order valence-electron chi connectivity index (χ0n) is 13.9. The summed E-state index contributed by atoms with van der Waals surface area (Å²) in [7, 11) is 0. The van der Waals surface area contributed by atoms with Crippen LogP contribution in [0.25, 0.3) is 10.9 Å². The van der Waals surface area contributed by atoms with Crippen LogP contribution in [0.3, 0.4) is 0 Å². The number of hydrogen-bond donors (Lipinski definition) is 1. The molecule has 1 aliphatic carbocycles. The molecule has 2 bridgehead atoms. The van der Waals surface area contributed by atoms with E-state index >= 15 is 0 Å². The normalized spacial score (nSPS) is 31.9. The predicted octanol–water partition coefficient (Wildman–Crippen LogP) is 4.61. The molecular formula is C20H28N2. The number of H-pyrrole nitrogens is 1. The Bertz CT molecular complexity index is 659. The summed E-state index contributed by atoms with van der Waals surface area (Å²) in [4.78, 5) is 6.23. The average Bonchev–Trinajstić information content (AvgIpc) is 2.96. The van der Waals surface area contributed by atoms with Crippen LogP contribution >= 0.6 is 0 Å². The van der Waals surface area contributed by atoms with E-state index in [1.807, 2.05) is 0 Å². The number of hydrogen-bond acceptors (Lipinski definition) is 1. The summed E-state index contributed by atoms with van der Waals surface area (Å²) in [6.45, 7) is 7.47. The maximum Gasteiger partial charge on any atom is 0.0456 e. The zero-order chi connectivity index (χ0) is 15.2. The van der Waals surface area contributed by atoms with Gasteiger partial charge in [0.2, 0.25) is 0 Å². The molecule has 22 heavy (non-hydrogen) atoms. The summed E-state index contributed by atoms with van der Waals surface area (Å²) < 4.78 is 0. The van der Waals surface area contributed by atoms with Crippen molar-refractivity contribution in [3.05, 3.63) is 36.0 Å². The summed E-state index contributed by atoms with van der Waals surface area (Å²) in [5, 5.41) is 1.41. The predicted molar refractivity (Wildman–Crippen MR) is 93.1 cm³/mol. The molecule has 0 spiro atoms. The first-order valence-electron chi connectivity index (χ1n) is 8.98. The Balaban J connectivity index is 1.50. The van der Waals surface area contributed by atoms with Gasteiger partial charge in [0.25, 0.3) is 0 Å². The van der Waals surface area contributed by atoms with Gasteiger partial charge < -0.3 is 4.98 Å². The topological polar surface area (TPSA) is 19.0 Å². The third-order valence-electron chi connectivity index (χ3n) is 6.49. The molecule has 2 aliphatic heterocycles. The van der Waals surface area contributed by atoms with Crippen LogP contribution in [0.4, 0.5) is 0 Å². The summed E-state index contributed by atoms with van der Waals surface area (Å²) in [5.41, 5.74) is 3.31. The van der Waals surface area contributed by atoms with Gasteiger partial charge in [-0.15, -0.1) is 0 Å². The Labute approximate surface area is 133 Å². The van der Waals surface area contributed by atoms with Crippen molar-refractivity contribution < 1.29 is 0 Å². The molecule has 1 aromatic heterocycles. The van der Waals surface area contributed by atoms with E-state index in [0.717, 1.165) is 12.0 Å². The Morgan fingerprint density at radius 3 is 2.95 bits per heavy atom. The lowest BCUT2D eigenvalue weighted by atomic mass is 9.62. The highest BCUT2D eigenvalue weighted by Crippen LogP contribution is 2.48. The number of rotatable bonds is 4. The molecular weight excluding hydrogens is 268 g/mol. The van der Waals surface area contributed by atoms with E-state index in [1.54, 1.807) is 0 Å². The van der Waals surface area contributed by atoms with Crippen LogP contribution in [0.15, 0.2) is 30.5 Å². The van der Waals surface area contributed by atoms with E-state index in [0.29, 0.717) is 5.41 Å². The van der Waals surface area contributed by atoms with Gasteiger partial charge in [-0.05, 0) is 55.1 Å². The monoisotopic (exact) mass is 296 g/mol. The quantitative estimate of drug-likeness (QED) is 0.873. The van der Waals surface area contributed by atoms with Crippen LogP contribution < -0.4 is 0 Å². The largest absolute Gasteiger partial charge is 0.361 e.